The van der Waals surface area contributed by atoms with Crippen molar-refractivity contribution < 1.29 is 22.7 Å². The molecule has 1 rings (SSSR count). The molecule has 0 amide bonds. The molecular formula is C11H14F3NO2. The number of ketones is 1. The highest BCUT2D eigenvalue weighted by molar-refractivity contribution is 6.00. The molecule has 0 aliphatic carbocycles. The number of nitrogens with zero attached hydrogens (tertiary/aromatic N) is 1. The first kappa shape index (κ1) is 13.8. The fraction of sp³-hybridized carbons (Fsp3) is 0.545. The molecule has 6 heteroatoms. The fourth-order valence-electron chi connectivity index (χ4n) is 1.27. The predicted octanol–water partition coefficient (Wildman–Crippen LogP) is 2.66. The topological polar surface area (TPSA) is 31.2 Å². The zero-order valence-electron chi connectivity index (χ0n) is 9.62. The Bertz CT molecular complexity index is 382. The standard InChI is InChI=1S/C11H14F3NO2/c1-8(2)17-6-5-15-4-3-9(7-15)10(16)11(12,13)14/h3-4,7-8H,5-6H2,1-2H3. The Labute approximate surface area is 97.2 Å². The van der Waals surface area contributed by atoms with E-state index in [2.05, 4.69) is 0 Å². The van der Waals surface area contributed by atoms with Crippen LogP contribution in [0.4, 0.5) is 13.2 Å². The molecule has 0 unspecified atom stereocenters. The lowest BCUT2D eigenvalue weighted by Crippen LogP contribution is -2.22. The lowest BCUT2D eigenvalue weighted by molar-refractivity contribution is -0.0885. The molecule has 1 heterocycles. The second-order valence-corrected chi connectivity index (χ2v) is 3.88. The van der Waals surface area contributed by atoms with E-state index in [0.717, 1.165) is 6.07 Å². The molecule has 1 aromatic rings. The van der Waals surface area contributed by atoms with Crippen LogP contribution in [0.2, 0.25) is 0 Å². The van der Waals surface area contributed by atoms with Crippen molar-refractivity contribution in [3.63, 3.8) is 0 Å². The van der Waals surface area contributed by atoms with Gasteiger partial charge in [-0.25, -0.2) is 0 Å². The van der Waals surface area contributed by atoms with Gasteiger partial charge in [0.1, 0.15) is 0 Å². The summed E-state index contributed by atoms with van der Waals surface area (Å²) in [6.07, 6.45) is -2.13. The largest absolute Gasteiger partial charge is 0.454 e. The van der Waals surface area contributed by atoms with Crippen LogP contribution in [-0.4, -0.2) is 29.2 Å². The first-order valence-corrected chi connectivity index (χ1v) is 5.19. The Kier molecular flexibility index (Phi) is 4.34. The molecule has 0 aromatic carbocycles. The molecule has 17 heavy (non-hydrogen) atoms. The van der Waals surface area contributed by atoms with Gasteiger partial charge in [-0.05, 0) is 19.9 Å². The molecular weight excluding hydrogens is 235 g/mol. The van der Waals surface area contributed by atoms with Crippen LogP contribution in [0, 0.1) is 0 Å². The molecule has 0 N–H and O–H groups in total. The third kappa shape index (κ3) is 4.22. The molecule has 1 aromatic heterocycles. The summed E-state index contributed by atoms with van der Waals surface area (Å²) >= 11 is 0. The number of carbonyl (C=O) groups is 1. The number of alkyl halides is 3. The molecule has 96 valence electrons. The maximum absolute atomic E-state index is 12.1. The number of Topliss-reactive ketones (excluding diaryl/α,β-unsaturated/α-hetero) is 1. The normalized spacial score (nSPS) is 12.1. The molecule has 0 spiro atoms. The lowest BCUT2D eigenvalue weighted by atomic mass is 10.2. The van der Waals surface area contributed by atoms with Gasteiger partial charge in [0.05, 0.1) is 12.7 Å². The Morgan fingerprint density at radius 2 is 2.12 bits per heavy atom. The van der Waals surface area contributed by atoms with Crippen LogP contribution in [0.3, 0.4) is 0 Å². The highest BCUT2D eigenvalue weighted by atomic mass is 19.4. The number of hydrogen-bond donors (Lipinski definition) is 0. The Hall–Kier alpha value is -1.30. The predicted molar refractivity (Wildman–Crippen MR) is 55.9 cm³/mol. The Morgan fingerprint density at radius 1 is 1.47 bits per heavy atom. The molecule has 0 fully saturated rings. The smallest absolute Gasteiger partial charge is 0.377 e. The average Bonchev–Trinajstić information content (AvgIpc) is 2.63. The van der Waals surface area contributed by atoms with Gasteiger partial charge in [0, 0.05) is 24.5 Å². The second-order valence-electron chi connectivity index (χ2n) is 3.88. The minimum absolute atomic E-state index is 0.0711. The summed E-state index contributed by atoms with van der Waals surface area (Å²) in [4.78, 5) is 10.9. The Balaban J connectivity index is 2.57. The van der Waals surface area contributed by atoms with E-state index in [1.807, 2.05) is 13.8 Å². The van der Waals surface area contributed by atoms with Crippen molar-refractivity contribution in [2.75, 3.05) is 6.61 Å². The highest BCUT2D eigenvalue weighted by Crippen LogP contribution is 2.21. The van der Waals surface area contributed by atoms with E-state index >= 15 is 0 Å². The molecule has 0 saturated heterocycles. The third-order valence-electron chi connectivity index (χ3n) is 2.07. The van der Waals surface area contributed by atoms with Gasteiger partial charge in [0.2, 0.25) is 0 Å². The van der Waals surface area contributed by atoms with Crippen LogP contribution < -0.4 is 0 Å². The first-order chi connectivity index (χ1) is 7.80. The monoisotopic (exact) mass is 249 g/mol. The van der Waals surface area contributed by atoms with Crippen molar-refractivity contribution >= 4 is 5.78 Å². The summed E-state index contributed by atoms with van der Waals surface area (Å²) in [6, 6.07) is 1.16. The fourth-order valence-corrected chi connectivity index (χ4v) is 1.27. The number of rotatable bonds is 5. The van der Waals surface area contributed by atoms with E-state index in [0.29, 0.717) is 13.2 Å². The maximum Gasteiger partial charge on any atom is 0.454 e. The zero-order valence-corrected chi connectivity index (χ0v) is 9.62. The van der Waals surface area contributed by atoms with Crippen molar-refractivity contribution in [2.45, 2.75) is 32.7 Å². The van der Waals surface area contributed by atoms with Crippen LogP contribution >= 0.6 is 0 Å². The van der Waals surface area contributed by atoms with Gasteiger partial charge in [-0.3, -0.25) is 4.79 Å². The van der Waals surface area contributed by atoms with Gasteiger partial charge in [0.15, 0.2) is 0 Å². The van der Waals surface area contributed by atoms with Gasteiger partial charge < -0.3 is 9.30 Å². The van der Waals surface area contributed by atoms with Crippen molar-refractivity contribution in [3.8, 4) is 0 Å². The van der Waals surface area contributed by atoms with E-state index in [-0.39, 0.29) is 11.7 Å². The maximum atomic E-state index is 12.1. The summed E-state index contributed by atoms with van der Waals surface area (Å²) in [7, 11) is 0. The lowest BCUT2D eigenvalue weighted by Gasteiger charge is -2.07. The van der Waals surface area contributed by atoms with Gasteiger partial charge in [-0.2, -0.15) is 13.2 Å². The van der Waals surface area contributed by atoms with Crippen LogP contribution in [0.25, 0.3) is 0 Å². The van der Waals surface area contributed by atoms with Crippen LogP contribution in [0.15, 0.2) is 18.5 Å². The highest BCUT2D eigenvalue weighted by Gasteiger charge is 2.39. The molecule has 0 atom stereocenters. The van der Waals surface area contributed by atoms with Crippen LogP contribution in [-0.2, 0) is 11.3 Å². The summed E-state index contributed by atoms with van der Waals surface area (Å²) in [6.45, 7) is 4.55. The number of hydrogen-bond acceptors (Lipinski definition) is 2. The summed E-state index contributed by atoms with van der Waals surface area (Å²) in [5.41, 5.74) is -0.345. The summed E-state index contributed by atoms with van der Waals surface area (Å²) < 4.78 is 43.1. The van der Waals surface area contributed by atoms with Gasteiger partial charge in [-0.1, -0.05) is 0 Å². The van der Waals surface area contributed by atoms with Gasteiger partial charge >= 0.3 is 6.18 Å². The summed E-state index contributed by atoms with van der Waals surface area (Å²) in [5, 5.41) is 0. The third-order valence-corrected chi connectivity index (χ3v) is 2.07. The second kappa shape index (κ2) is 5.35. The van der Waals surface area contributed by atoms with E-state index in [4.69, 9.17) is 4.74 Å². The number of aromatic nitrogens is 1. The van der Waals surface area contributed by atoms with E-state index in [1.54, 1.807) is 0 Å². The van der Waals surface area contributed by atoms with Crippen molar-refractivity contribution in [3.05, 3.63) is 24.0 Å². The average molecular weight is 249 g/mol. The van der Waals surface area contributed by atoms with Crippen molar-refractivity contribution in [1.29, 1.82) is 0 Å². The van der Waals surface area contributed by atoms with E-state index in [9.17, 15) is 18.0 Å². The zero-order chi connectivity index (χ0) is 13.1. The minimum Gasteiger partial charge on any atom is -0.377 e. The molecule has 0 radical (unpaired) electrons. The molecule has 0 aliphatic heterocycles. The first-order valence-electron chi connectivity index (χ1n) is 5.19. The molecule has 3 nitrogen and oxygen atoms in total. The van der Waals surface area contributed by atoms with E-state index < -0.39 is 12.0 Å². The van der Waals surface area contributed by atoms with Crippen LogP contribution in [0.5, 0.6) is 0 Å². The van der Waals surface area contributed by atoms with Crippen molar-refractivity contribution in [1.82, 2.24) is 4.57 Å². The summed E-state index contributed by atoms with van der Waals surface area (Å²) in [5.74, 6) is -1.82. The molecule has 0 aliphatic rings. The molecule has 0 saturated carbocycles. The van der Waals surface area contributed by atoms with Crippen LogP contribution in [0.1, 0.15) is 24.2 Å². The van der Waals surface area contributed by atoms with Crippen molar-refractivity contribution in [2.24, 2.45) is 0 Å². The van der Waals surface area contributed by atoms with Gasteiger partial charge in [0.25, 0.3) is 5.78 Å². The molecule has 0 bridgehead atoms. The quantitative estimate of drug-likeness (QED) is 0.751. The van der Waals surface area contributed by atoms with Gasteiger partial charge in [-0.15, -0.1) is 0 Å². The number of halogens is 3. The SMILES string of the molecule is CC(C)OCCn1ccc(C(=O)C(F)(F)F)c1. The minimum atomic E-state index is -4.82. The number of carbonyl (C=O) groups excluding carboxylic acids is 1. The van der Waals surface area contributed by atoms with E-state index in [1.165, 1.54) is 17.0 Å². The Morgan fingerprint density at radius 3 is 2.65 bits per heavy atom. The number of ether oxygens (including phenoxy) is 1.